The van der Waals surface area contributed by atoms with Gasteiger partial charge in [-0.1, -0.05) is 41.4 Å². The Morgan fingerprint density at radius 2 is 1.77 bits per heavy atom. The summed E-state index contributed by atoms with van der Waals surface area (Å²) >= 11 is 12.7. The minimum atomic E-state index is -1.10. The number of hydrogen-bond acceptors (Lipinski definition) is 8. The first kappa shape index (κ1) is 27.2. The molecule has 2 aromatic heterocycles. The molecule has 0 bridgehead atoms. The van der Waals surface area contributed by atoms with E-state index >= 15 is 0 Å². The monoisotopic (exact) mass is 568 g/mol. The number of aliphatic hydroxyl groups is 2. The van der Waals surface area contributed by atoms with Crippen molar-refractivity contribution in [1.29, 1.82) is 0 Å². The van der Waals surface area contributed by atoms with Gasteiger partial charge in [-0.25, -0.2) is 9.97 Å². The maximum atomic E-state index is 11.8. The Labute approximate surface area is 237 Å². The summed E-state index contributed by atoms with van der Waals surface area (Å²) in [5, 5.41) is 23.3. The summed E-state index contributed by atoms with van der Waals surface area (Å²) in [7, 11) is 5.23. The standard InChI is InChI=1S/C28H30Cl2N6O3/c1-15-6-9-19(30)12-21(15)36-23(17-7-10-18(29)11-8-17)24-22(27(36)38)32-25(35(24)16(2)14-37)20-13-31-28(34(3)4)33-26(20)39-5/h6-13,16,23,27,37-38H,14H2,1-5H3/t16-,23?,27?/m1/s1. The van der Waals surface area contributed by atoms with E-state index in [0.29, 0.717) is 39.0 Å². The number of rotatable bonds is 7. The highest BCUT2D eigenvalue weighted by atomic mass is 35.5. The zero-order chi connectivity index (χ0) is 28.0. The molecule has 0 saturated heterocycles. The average molecular weight is 569 g/mol. The van der Waals surface area contributed by atoms with Crippen molar-refractivity contribution < 1.29 is 14.9 Å². The van der Waals surface area contributed by atoms with Crippen molar-refractivity contribution >= 4 is 34.8 Å². The van der Waals surface area contributed by atoms with Crippen LogP contribution in [-0.2, 0) is 0 Å². The Morgan fingerprint density at radius 3 is 2.41 bits per heavy atom. The molecule has 9 nitrogen and oxygen atoms in total. The van der Waals surface area contributed by atoms with E-state index in [4.69, 9.17) is 32.9 Å². The van der Waals surface area contributed by atoms with E-state index in [2.05, 4.69) is 9.97 Å². The van der Waals surface area contributed by atoms with Gasteiger partial charge in [0.1, 0.15) is 11.5 Å². The fourth-order valence-corrected chi connectivity index (χ4v) is 5.32. The van der Waals surface area contributed by atoms with Gasteiger partial charge in [0.25, 0.3) is 0 Å². The van der Waals surface area contributed by atoms with Crippen molar-refractivity contribution in [1.82, 2.24) is 19.5 Å². The smallest absolute Gasteiger partial charge is 0.229 e. The molecule has 2 aromatic carbocycles. The van der Waals surface area contributed by atoms with E-state index in [1.807, 2.05) is 79.9 Å². The number of methoxy groups -OCH3 is 1. The third-order valence-corrected chi connectivity index (χ3v) is 7.42. The predicted molar refractivity (Wildman–Crippen MR) is 153 cm³/mol. The van der Waals surface area contributed by atoms with Gasteiger partial charge in [-0.05, 0) is 49.2 Å². The highest BCUT2D eigenvalue weighted by Crippen LogP contribution is 2.50. The van der Waals surface area contributed by atoms with Gasteiger partial charge >= 0.3 is 0 Å². The van der Waals surface area contributed by atoms with E-state index in [0.717, 1.165) is 22.5 Å². The maximum Gasteiger partial charge on any atom is 0.229 e. The molecule has 2 unspecified atom stereocenters. The number of hydrogen-bond donors (Lipinski definition) is 2. The van der Waals surface area contributed by atoms with Crippen LogP contribution in [0.5, 0.6) is 5.88 Å². The number of aliphatic hydroxyl groups excluding tert-OH is 2. The Kier molecular flexibility index (Phi) is 7.43. The lowest BCUT2D eigenvalue weighted by molar-refractivity contribution is 0.174. The van der Waals surface area contributed by atoms with Crippen molar-refractivity contribution in [3.63, 3.8) is 0 Å². The van der Waals surface area contributed by atoms with E-state index < -0.39 is 18.3 Å². The number of anilines is 2. The minimum Gasteiger partial charge on any atom is -0.480 e. The van der Waals surface area contributed by atoms with E-state index in [9.17, 15) is 10.2 Å². The quantitative estimate of drug-likeness (QED) is 0.314. The van der Waals surface area contributed by atoms with Crippen LogP contribution >= 0.6 is 23.2 Å². The molecule has 0 amide bonds. The SMILES string of the molecule is COc1nc(N(C)C)ncc1-c1nc2c(n1[C@H](C)CO)C(c1ccc(Cl)cc1)N(c1cc(Cl)ccc1C)C2O. The highest BCUT2D eigenvalue weighted by Gasteiger charge is 2.45. The summed E-state index contributed by atoms with van der Waals surface area (Å²) < 4.78 is 7.57. The number of aryl methyl sites for hydroxylation is 1. The lowest BCUT2D eigenvalue weighted by atomic mass is 10.0. The highest BCUT2D eigenvalue weighted by molar-refractivity contribution is 6.31. The fraction of sp³-hybridized carbons (Fsp3) is 0.321. The fourth-order valence-electron chi connectivity index (χ4n) is 5.02. The van der Waals surface area contributed by atoms with Crippen LogP contribution in [0.4, 0.5) is 11.6 Å². The summed E-state index contributed by atoms with van der Waals surface area (Å²) in [5.41, 5.74) is 4.35. The second-order valence-electron chi connectivity index (χ2n) is 9.76. The van der Waals surface area contributed by atoms with Crippen molar-refractivity contribution in [2.45, 2.75) is 32.2 Å². The summed E-state index contributed by atoms with van der Waals surface area (Å²) in [5.74, 6) is 1.31. The molecule has 0 radical (unpaired) electrons. The Bertz CT molecular complexity index is 1510. The van der Waals surface area contributed by atoms with Crippen LogP contribution in [0.25, 0.3) is 11.4 Å². The summed E-state index contributed by atoms with van der Waals surface area (Å²) in [6, 6.07) is 12.2. The van der Waals surface area contributed by atoms with Crippen molar-refractivity contribution in [3.8, 4) is 17.3 Å². The van der Waals surface area contributed by atoms with E-state index in [1.165, 1.54) is 7.11 Å². The topological polar surface area (TPSA) is 99.8 Å². The van der Waals surface area contributed by atoms with Gasteiger partial charge in [-0.2, -0.15) is 4.98 Å². The third kappa shape index (κ3) is 4.69. The predicted octanol–water partition coefficient (Wildman–Crippen LogP) is 5.18. The molecule has 204 valence electrons. The molecule has 3 atom stereocenters. The molecule has 0 fully saturated rings. The Morgan fingerprint density at radius 1 is 1.08 bits per heavy atom. The number of halogens is 2. The number of benzene rings is 2. The first-order valence-corrected chi connectivity index (χ1v) is 13.2. The van der Waals surface area contributed by atoms with Crippen molar-refractivity contribution in [2.75, 3.05) is 37.6 Å². The molecule has 39 heavy (non-hydrogen) atoms. The first-order valence-electron chi connectivity index (χ1n) is 12.5. The lowest BCUT2D eigenvalue weighted by Gasteiger charge is -2.33. The van der Waals surface area contributed by atoms with Crippen molar-refractivity contribution in [2.24, 2.45) is 0 Å². The van der Waals surface area contributed by atoms with E-state index in [-0.39, 0.29) is 6.61 Å². The number of ether oxygens (including phenoxy) is 1. The molecule has 3 heterocycles. The van der Waals surface area contributed by atoms with Crippen molar-refractivity contribution in [3.05, 3.63) is 81.2 Å². The van der Waals surface area contributed by atoms with Gasteiger partial charge in [0.05, 0.1) is 37.1 Å². The minimum absolute atomic E-state index is 0.158. The maximum absolute atomic E-state index is 11.8. The summed E-state index contributed by atoms with van der Waals surface area (Å²) in [6.45, 7) is 3.71. The van der Waals surface area contributed by atoms with Gasteiger partial charge < -0.3 is 29.3 Å². The van der Waals surface area contributed by atoms with Gasteiger partial charge in [-0.15, -0.1) is 0 Å². The number of aromatic nitrogens is 4. The first-order chi connectivity index (χ1) is 18.7. The van der Waals surface area contributed by atoms with Gasteiger partial charge in [0.2, 0.25) is 11.8 Å². The number of imidazole rings is 1. The zero-order valence-electron chi connectivity index (χ0n) is 22.3. The lowest BCUT2D eigenvalue weighted by Crippen LogP contribution is -2.30. The summed E-state index contributed by atoms with van der Waals surface area (Å²) in [6.07, 6.45) is 0.554. The molecule has 0 aliphatic carbocycles. The number of fused-ring (bicyclic) bond motifs is 1. The Balaban J connectivity index is 1.79. The number of nitrogens with zero attached hydrogens (tertiary/aromatic N) is 6. The molecule has 11 heteroatoms. The molecule has 0 spiro atoms. The molecule has 5 rings (SSSR count). The van der Waals surface area contributed by atoms with Crippen LogP contribution in [-0.4, -0.2) is 57.5 Å². The van der Waals surface area contributed by atoms with Crippen LogP contribution in [0.1, 0.15) is 47.8 Å². The molecule has 4 aromatic rings. The van der Waals surface area contributed by atoms with Crippen LogP contribution in [0.15, 0.2) is 48.7 Å². The molecule has 1 aliphatic heterocycles. The van der Waals surface area contributed by atoms with Gasteiger partial charge in [0.15, 0.2) is 6.23 Å². The van der Waals surface area contributed by atoms with Crippen LogP contribution in [0.2, 0.25) is 10.0 Å². The summed E-state index contributed by atoms with van der Waals surface area (Å²) in [4.78, 5) is 17.6. The van der Waals surface area contributed by atoms with E-state index in [1.54, 1.807) is 11.1 Å². The van der Waals surface area contributed by atoms with Crippen LogP contribution in [0, 0.1) is 6.92 Å². The normalized spacial score (nSPS) is 17.3. The van der Waals surface area contributed by atoms with Crippen LogP contribution < -0.4 is 14.5 Å². The molecule has 1 aliphatic rings. The van der Waals surface area contributed by atoms with Crippen LogP contribution in [0.3, 0.4) is 0 Å². The zero-order valence-corrected chi connectivity index (χ0v) is 23.8. The molecule has 0 saturated carbocycles. The second kappa shape index (κ2) is 10.7. The third-order valence-electron chi connectivity index (χ3n) is 6.94. The van der Waals surface area contributed by atoms with Gasteiger partial charge in [0, 0.05) is 36.0 Å². The second-order valence-corrected chi connectivity index (χ2v) is 10.6. The molecule has 2 N–H and O–H groups in total. The Hall–Kier alpha value is -3.37. The average Bonchev–Trinajstić information content (AvgIpc) is 3.44. The molecular formula is C28H30Cl2N6O3. The largest absolute Gasteiger partial charge is 0.480 e. The van der Waals surface area contributed by atoms with Gasteiger partial charge in [-0.3, -0.25) is 0 Å². The molecular weight excluding hydrogens is 539 g/mol.